The van der Waals surface area contributed by atoms with Crippen molar-refractivity contribution in [3.63, 3.8) is 0 Å². The van der Waals surface area contributed by atoms with E-state index >= 15 is 0 Å². The highest BCUT2D eigenvalue weighted by atomic mass is 35.5. The van der Waals surface area contributed by atoms with E-state index in [-0.39, 0.29) is 9.92 Å². The van der Waals surface area contributed by atoms with Gasteiger partial charge in [-0.3, -0.25) is 4.90 Å². The normalized spacial score (nSPS) is 16.6. The topological polar surface area (TPSA) is 49.9 Å². The standard InChI is InChI=1S/C18H20Cl2N2O3S/c1-25-17-5-3-2-4-14(17)13-21-8-10-22(11-9-21)26(23,24)18-12-15(19)6-7-16(18)20/h2-7,12H,8-11,13H2,1H3. The van der Waals surface area contributed by atoms with Crippen molar-refractivity contribution in [2.45, 2.75) is 11.4 Å². The summed E-state index contributed by atoms with van der Waals surface area (Å²) in [7, 11) is -2.01. The molecule has 0 saturated carbocycles. The Morgan fingerprint density at radius 1 is 1.04 bits per heavy atom. The summed E-state index contributed by atoms with van der Waals surface area (Å²) in [5, 5.41) is 0.536. The van der Waals surface area contributed by atoms with Gasteiger partial charge < -0.3 is 4.74 Å². The van der Waals surface area contributed by atoms with Crippen LogP contribution in [-0.2, 0) is 16.6 Å². The number of rotatable bonds is 5. The van der Waals surface area contributed by atoms with Crippen molar-refractivity contribution in [2.24, 2.45) is 0 Å². The van der Waals surface area contributed by atoms with Crippen LogP contribution in [0.25, 0.3) is 0 Å². The zero-order chi connectivity index (χ0) is 18.7. The highest BCUT2D eigenvalue weighted by Gasteiger charge is 2.30. The smallest absolute Gasteiger partial charge is 0.244 e. The second kappa shape index (κ2) is 8.15. The molecule has 26 heavy (non-hydrogen) atoms. The molecule has 3 rings (SSSR count). The van der Waals surface area contributed by atoms with Gasteiger partial charge >= 0.3 is 0 Å². The summed E-state index contributed by atoms with van der Waals surface area (Å²) in [5.74, 6) is 0.841. The predicted octanol–water partition coefficient (Wildman–Crippen LogP) is 3.51. The van der Waals surface area contributed by atoms with Crippen LogP contribution in [0.2, 0.25) is 10.0 Å². The van der Waals surface area contributed by atoms with Crippen LogP contribution in [0.3, 0.4) is 0 Å². The van der Waals surface area contributed by atoms with Gasteiger partial charge in [0.05, 0.1) is 12.1 Å². The molecule has 0 radical (unpaired) electrons. The molecule has 1 fully saturated rings. The lowest BCUT2D eigenvalue weighted by Crippen LogP contribution is -2.48. The molecule has 1 aliphatic rings. The largest absolute Gasteiger partial charge is 0.496 e. The number of methoxy groups -OCH3 is 1. The molecular formula is C18H20Cl2N2O3S. The summed E-state index contributed by atoms with van der Waals surface area (Å²) in [5.41, 5.74) is 1.09. The Morgan fingerprint density at radius 2 is 1.73 bits per heavy atom. The molecule has 2 aromatic rings. The lowest BCUT2D eigenvalue weighted by atomic mass is 10.2. The van der Waals surface area contributed by atoms with E-state index in [9.17, 15) is 8.42 Å². The Labute approximate surface area is 164 Å². The number of piperazine rings is 1. The number of sulfonamides is 1. The summed E-state index contributed by atoms with van der Waals surface area (Å²) in [6.07, 6.45) is 0. The highest BCUT2D eigenvalue weighted by Crippen LogP contribution is 2.28. The van der Waals surface area contributed by atoms with Gasteiger partial charge in [-0.05, 0) is 24.3 Å². The van der Waals surface area contributed by atoms with Crippen molar-refractivity contribution in [1.29, 1.82) is 0 Å². The lowest BCUT2D eigenvalue weighted by Gasteiger charge is -2.34. The molecule has 1 saturated heterocycles. The Hall–Kier alpha value is -1.31. The molecule has 140 valence electrons. The first-order chi connectivity index (χ1) is 12.4. The average Bonchev–Trinajstić information content (AvgIpc) is 2.64. The molecule has 0 aliphatic carbocycles. The van der Waals surface area contributed by atoms with Gasteiger partial charge in [0, 0.05) is 43.3 Å². The zero-order valence-electron chi connectivity index (χ0n) is 14.4. The minimum absolute atomic E-state index is 0.0600. The van der Waals surface area contributed by atoms with Crippen LogP contribution < -0.4 is 4.74 Å². The zero-order valence-corrected chi connectivity index (χ0v) is 16.7. The minimum Gasteiger partial charge on any atom is -0.496 e. The first-order valence-electron chi connectivity index (χ1n) is 8.21. The van der Waals surface area contributed by atoms with Gasteiger partial charge in [-0.1, -0.05) is 41.4 Å². The number of hydrogen-bond acceptors (Lipinski definition) is 4. The first-order valence-corrected chi connectivity index (χ1v) is 10.4. The van der Waals surface area contributed by atoms with Crippen molar-refractivity contribution in [2.75, 3.05) is 33.3 Å². The summed E-state index contributed by atoms with van der Waals surface area (Å²) in [4.78, 5) is 2.27. The van der Waals surface area contributed by atoms with Crippen LogP contribution in [0, 0.1) is 0 Å². The monoisotopic (exact) mass is 414 g/mol. The van der Waals surface area contributed by atoms with Crippen LogP contribution in [0.15, 0.2) is 47.4 Å². The number of benzene rings is 2. The summed E-state index contributed by atoms with van der Waals surface area (Å²) in [6.45, 7) is 2.79. The molecule has 5 nitrogen and oxygen atoms in total. The van der Waals surface area contributed by atoms with Gasteiger partial charge in [0.15, 0.2) is 0 Å². The van der Waals surface area contributed by atoms with Gasteiger partial charge in [-0.2, -0.15) is 4.31 Å². The molecule has 0 aromatic heterocycles. The molecule has 0 bridgehead atoms. The van der Waals surface area contributed by atoms with Crippen LogP contribution in [0.1, 0.15) is 5.56 Å². The fourth-order valence-electron chi connectivity index (χ4n) is 3.02. The average molecular weight is 415 g/mol. The van der Waals surface area contributed by atoms with E-state index in [0.29, 0.717) is 31.2 Å². The van der Waals surface area contributed by atoms with Crippen LogP contribution in [-0.4, -0.2) is 50.9 Å². The number of halogens is 2. The SMILES string of the molecule is COc1ccccc1CN1CCN(S(=O)(=O)c2cc(Cl)ccc2Cl)CC1. The van der Waals surface area contributed by atoms with E-state index in [0.717, 1.165) is 17.9 Å². The lowest BCUT2D eigenvalue weighted by molar-refractivity contribution is 0.180. The molecule has 1 heterocycles. The van der Waals surface area contributed by atoms with Crippen molar-refractivity contribution in [3.05, 3.63) is 58.1 Å². The maximum atomic E-state index is 12.9. The first kappa shape index (κ1) is 19.5. The van der Waals surface area contributed by atoms with Crippen molar-refractivity contribution in [1.82, 2.24) is 9.21 Å². The van der Waals surface area contributed by atoms with E-state index in [1.165, 1.54) is 16.4 Å². The maximum Gasteiger partial charge on any atom is 0.244 e. The van der Waals surface area contributed by atoms with E-state index in [4.69, 9.17) is 27.9 Å². The summed E-state index contributed by atoms with van der Waals surface area (Å²) < 4.78 is 32.6. The van der Waals surface area contributed by atoms with Crippen LogP contribution in [0.5, 0.6) is 5.75 Å². The fraction of sp³-hybridized carbons (Fsp3) is 0.333. The van der Waals surface area contributed by atoms with Crippen molar-refractivity contribution >= 4 is 33.2 Å². The molecular weight excluding hydrogens is 395 g/mol. The van der Waals surface area contributed by atoms with E-state index < -0.39 is 10.0 Å². The Morgan fingerprint density at radius 3 is 2.42 bits per heavy atom. The highest BCUT2D eigenvalue weighted by molar-refractivity contribution is 7.89. The van der Waals surface area contributed by atoms with E-state index in [1.807, 2.05) is 24.3 Å². The molecule has 0 amide bonds. The third-order valence-corrected chi connectivity index (χ3v) is 7.04. The van der Waals surface area contributed by atoms with Gasteiger partial charge in [0.25, 0.3) is 0 Å². The number of ether oxygens (including phenoxy) is 1. The van der Waals surface area contributed by atoms with E-state index in [1.54, 1.807) is 13.2 Å². The Balaban J connectivity index is 1.69. The van der Waals surface area contributed by atoms with Crippen molar-refractivity contribution < 1.29 is 13.2 Å². The molecule has 0 atom stereocenters. The molecule has 0 N–H and O–H groups in total. The van der Waals surface area contributed by atoms with Gasteiger partial charge in [0.1, 0.15) is 10.6 Å². The summed E-state index contributed by atoms with van der Waals surface area (Å²) >= 11 is 12.0. The quantitative estimate of drug-likeness (QED) is 0.750. The second-order valence-corrected chi connectivity index (χ2v) is 8.82. The molecule has 0 unspecified atom stereocenters. The van der Waals surface area contributed by atoms with Crippen molar-refractivity contribution in [3.8, 4) is 5.75 Å². The minimum atomic E-state index is -3.66. The van der Waals surface area contributed by atoms with E-state index in [2.05, 4.69) is 4.90 Å². The number of hydrogen-bond donors (Lipinski definition) is 0. The molecule has 1 aliphatic heterocycles. The second-order valence-electron chi connectivity index (χ2n) is 6.07. The predicted molar refractivity (Wildman–Crippen MR) is 103 cm³/mol. The van der Waals surface area contributed by atoms with Gasteiger partial charge in [-0.15, -0.1) is 0 Å². The van der Waals surface area contributed by atoms with Crippen LogP contribution in [0.4, 0.5) is 0 Å². The third kappa shape index (κ3) is 4.15. The fourth-order valence-corrected chi connectivity index (χ4v) is 5.18. The number of nitrogens with zero attached hydrogens (tertiary/aromatic N) is 2. The Bertz CT molecular complexity index is 882. The third-order valence-electron chi connectivity index (χ3n) is 4.43. The molecule has 0 spiro atoms. The summed E-state index contributed by atoms with van der Waals surface area (Å²) in [6, 6.07) is 12.3. The van der Waals surface area contributed by atoms with Crippen LogP contribution >= 0.6 is 23.2 Å². The maximum absolute atomic E-state index is 12.9. The molecule has 8 heteroatoms. The number of para-hydroxylation sites is 1. The molecule has 2 aromatic carbocycles. The van der Waals surface area contributed by atoms with Gasteiger partial charge in [-0.25, -0.2) is 8.42 Å². The Kier molecular flexibility index (Phi) is 6.10. The van der Waals surface area contributed by atoms with Gasteiger partial charge in [0.2, 0.25) is 10.0 Å².